The van der Waals surface area contributed by atoms with Gasteiger partial charge >= 0.3 is 11.8 Å². The Hall–Kier alpha value is -5.13. The third kappa shape index (κ3) is 5.49. The first-order chi connectivity index (χ1) is 19.9. The van der Waals surface area contributed by atoms with E-state index in [1.807, 2.05) is 12.1 Å². The molecule has 6 rings (SSSR count). The molecule has 1 fully saturated rings. The van der Waals surface area contributed by atoms with Crippen LogP contribution in [0.3, 0.4) is 0 Å². The Kier molecular flexibility index (Phi) is 6.88. The van der Waals surface area contributed by atoms with Crippen LogP contribution in [-0.2, 0) is 13.0 Å². The number of imidazole rings is 1. The van der Waals surface area contributed by atoms with Crippen LogP contribution in [0, 0.1) is 11.7 Å². The van der Waals surface area contributed by atoms with E-state index in [1.54, 1.807) is 37.4 Å². The number of aromatic amines is 2. The molecular formula is C29H26FN7O4. The lowest BCUT2D eigenvalue weighted by Crippen LogP contribution is -2.30. The normalized spacial score (nSPS) is 13.7. The quantitative estimate of drug-likeness (QED) is 0.297. The van der Waals surface area contributed by atoms with Gasteiger partial charge in [-0.1, -0.05) is 30.3 Å². The number of fused-ring (bicyclic) bond motifs is 1. The Morgan fingerprint density at radius 1 is 1.10 bits per heavy atom. The zero-order chi connectivity index (χ0) is 28.5. The number of ether oxygens (including phenoxy) is 1. The lowest BCUT2D eigenvalue weighted by molar-refractivity contribution is 0.208. The molecule has 0 spiro atoms. The van der Waals surface area contributed by atoms with Gasteiger partial charge in [-0.15, -0.1) is 0 Å². The van der Waals surface area contributed by atoms with Crippen LogP contribution in [0.2, 0.25) is 0 Å². The summed E-state index contributed by atoms with van der Waals surface area (Å²) in [5.41, 5.74) is 1.21. The minimum absolute atomic E-state index is 0.197. The van der Waals surface area contributed by atoms with Crippen molar-refractivity contribution in [1.29, 1.82) is 0 Å². The maximum absolute atomic E-state index is 14.8. The maximum atomic E-state index is 14.8. The first-order valence-corrected chi connectivity index (χ1v) is 13.1. The van der Waals surface area contributed by atoms with Gasteiger partial charge in [0, 0.05) is 25.2 Å². The Labute approximate surface area is 232 Å². The summed E-state index contributed by atoms with van der Waals surface area (Å²) in [5.74, 6) is 0.165. The van der Waals surface area contributed by atoms with Gasteiger partial charge in [-0.2, -0.15) is 0 Å². The second-order valence-electron chi connectivity index (χ2n) is 10.1. The van der Waals surface area contributed by atoms with E-state index in [9.17, 15) is 18.8 Å². The van der Waals surface area contributed by atoms with Crippen molar-refractivity contribution >= 4 is 22.9 Å². The van der Waals surface area contributed by atoms with E-state index in [1.165, 1.54) is 34.3 Å². The third-order valence-corrected chi connectivity index (χ3v) is 7.20. The monoisotopic (exact) mass is 555 g/mol. The zero-order valence-electron chi connectivity index (χ0n) is 22.1. The number of hydrogen-bond acceptors (Lipinski definition) is 7. The van der Waals surface area contributed by atoms with Crippen LogP contribution in [0.15, 0.2) is 76.8 Å². The van der Waals surface area contributed by atoms with Gasteiger partial charge in [-0.25, -0.2) is 28.9 Å². The molecule has 11 nitrogen and oxygen atoms in total. The lowest BCUT2D eigenvalue weighted by Gasteiger charge is -2.19. The number of aromatic nitrogens is 6. The number of anilines is 1. The van der Waals surface area contributed by atoms with Gasteiger partial charge in [-0.3, -0.25) is 19.2 Å². The van der Waals surface area contributed by atoms with E-state index in [4.69, 9.17) is 9.72 Å². The summed E-state index contributed by atoms with van der Waals surface area (Å²) in [5, 5.41) is 0. The molecule has 1 amide bonds. The minimum Gasteiger partial charge on any atom is -0.407 e. The average molecular weight is 556 g/mol. The fourth-order valence-electron chi connectivity index (χ4n) is 4.75. The van der Waals surface area contributed by atoms with Crippen molar-refractivity contribution in [2.45, 2.75) is 31.7 Å². The van der Waals surface area contributed by atoms with Crippen LogP contribution in [0.4, 0.5) is 14.9 Å². The van der Waals surface area contributed by atoms with Gasteiger partial charge in [0.15, 0.2) is 11.4 Å². The fourth-order valence-corrected chi connectivity index (χ4v) is 4.75. The minimum atomic E-state index is -0.624. The molecule has 0 radical (unpaired) electrons. The zero-order valence-corrected chi connectivity index (χ0v) is 22.1. The summed E-state index contributed by atoms with van der Waals surface area (Å²) in [4.78, 5) is 57.2. The molecule has 0 saturated heterocycles. The summed E-state index contributed by atoms with van der Waals surface area (Å²) in [7, 11) is 1.57. The largest absolute Gasteiger partial charge is 0.419 e. The molecule has 1 aliphatic rings. The van der Waals surface area contributed by atoms with Crippen molar-refractivity contribution in [1.82, 2.24) is 29.5 Å². The summed E-state index contributed by atoms with van der Waals surface area (Å²) in [6.45, 7) is 0.473. The highest BCUT2D eigenvalue weighted by Gasteiger charge is 2.27. The first kappa shape index (κ1) is 26.1. The fraction of sp³-hybridized carbons (Fsp3) is 0.241. The van der Waals surface area contributed by atoms with Crippen LogP contribution >= 0.6 is 0 Å². The number of carbonyl (C=O) groups is 1. The summed E-state index contributed by atoms with van der Waals surface area (Å²) in [6.07, 6.45) is 5.77. The molecule has 3 heterocycles. The Morgan fingerprint density at radius 2 is 1.83 bits per heavy atom. The number of rotatable bonds is 8. The number of carbonyl (C=O) groups excluding carboxylic acids is 1. The molecule has 1 saturated carbocycles. The second kappa shape index (κ2) is 10.8. The Balaban J connectivity index is 1.36. The van der Waals surface area contributed by atoms with E-state index in [0.29, 0.717) is 29.5 Å². The molecule has 41 heavy (non-hydrogen) atoms. The first-order valence-electron chi connectivity index (χ1n) is 13.1. The molecule has 3 aromatic heterocycles. The highest BCUT2D eigenvalue weighted by Crippen LogP contribution is 2.32. The number of hydrogen-bond donors (Lipinski definition) is 2. The van der Waals surface area contributed by atoms with Gasteiger partial charge in [0.25, 0.3) is 5.56 Å². The van der Waals surface area contributed by atoms with Crippen molar-refractivity contribution in [3.05, 3.63) is 111 Å². The van der Waals surface area contributed by atoms with Gasteiger partial charge < -0.3 is 9.72 Å². The lowest BCUT2D eigenvalue weighted by atomic mass is 9.91. The Bertz CT molecular complexity index is 1830. The number of nitrogens with zero attached hydrogens (tertiary/aromatic N) is 5. The highest BCUT2D eigenvalue weighted by atomic mass is 19.1. The van der Waals surface area contributed by atoms with Crippen molar-refractivity contribution in [2.75, 3.05) is 11.9 Å². The molecule has 1 aliphatic carbocycles. The van der Waals surface area contributed by atoms with E-state index < -0.39 is 23.3 Å². The van der Waals surface area contributed by atoms with Crippen LogP contribution in [0.1, 0.15) is 35.7 Å². The van der Waals surface area contributed by atoms with Crippen LogP contribution in [0.25, 0.3) is 11.2 Å². The molecular weight excluding hydrogens is 529 g/mol. The number of halogens is 1. The molecule has 12 heteroatoms. The molecule has 2 aromatic carbocycles. The summed E-state index contributed by atoms with van der Waals surface area (Å²) >= 11 is 0. The Morgan fingerprint density at radius 3 is 2.54 bits per heavy atom. The van der Waals surface area contributed by atoms with Crippen molar-refractivity contribution in [3.63, 3.8) is 0 Å². The number of nitrogens with one attached hydrogen (secondary N) is 2. The van der Waals surface area contributed by atoms with Crippen molar-refractivity contribution in [2.24, 2.45) is 5.92 Å². The standard InChI is InChI=1S/C29H26FN7O4/c1-36(29(40)41-21-13-31-16-32-14-21)20-10-8-18(9-11-20)22(12-19-4-2-3-5-23(19)30)25-33-24-26(34-25)37(15-17-6-7-17)28(39)35-27(24)38/h2-5,8-11,13-14,16-17,22H,6-7,12,15H2,1H3,(H,33,34)(H,35,38,39). The van der Waals surface area contributed by atoms with Crippen LogP contribution < -0.4 is 20.9 Å². The SMILES string of the molecule is CN(C(=O)Oc1cncnc1)c1ccc(C(Cc2ccccc2F)c2nc3c([nH]2)c(=O)[nH]c(=O)n3CC2CC2)cc1. The molecule has 1 unspecified atom stereocenters. The molecule has 0 bridgehead atoms. The highest BCUT2D eigenvalue weighted by molar-refractivity contribution is 5.88. The number of amides is 1. The van der Waals surface area contributed by atoms with Crippen LogP contribution in [0.5, 0.6) is 5.75 Å². The topological polar surface area (TPSA) is 139 Å². The van der Waals surface area contributed by atoms with Gasteiger partial charge in [0.05, 0.1) is 12.4 Å². The summed E-state index contributed by atoms with van der Waals surface area (Å²) < 4.78 is 21.6. The molecule has 2 N–H and O–H groups in total. The maximum Gasteiger partial charge on any atom is 0.419 e. The third-order valence-electron chi connectivity index (χ3n) is 7.20. The smallest absolute Gasteiger partial charge is 0.407 e. The number of H-pyrrole nitrogens is 2. The summed E-state index contributed by atoms with van der Waals surface area (Å²) in [6, 6.07) is 13.6. The predicted molar refractivity (Wildman–Crippen MR) is 149 cm³/mol. The van der Waals surface area contributed by atoms with Gasteiger partial charge in [-0.05, 0) is 54.5 Å². The predicted octanol–water partition coefficient (Wildman–Crippen LogP) is 3.76. The van der Waals surface area contributed by atoms with E-state index >= 15 is 0 Å². The second-order valence-corrected chi connectivity index (χ2v) is 10.1. The van der Waals surface area contributed by atoms with Crippen molar-refractivity contribution in [3.8, 4) is 5.75 Å². The van der Waals surface area contributed by atoms with Gasteiger partial charge in [0.2, 0.25) is 0 Å². The van der Waals surface area contributed by atoms with E-state index in [2.05, 4.69) is 19.9 Å². The molecule has 208 valence electrons. The van der Waals surface area contributed by atoms with E-state index in [-0.39, 0.29) is 29.2 Å². The molecule has 1 atom stereocenters. The van der Waals surface area contributed by atoms with Crippen LogP contribution in [-0.4, -0.2) is 42.6 Å². The molecule has 0 aliphatic heterocycles. The van der Waals surface area contributed by atoms with Gasteiger partial charge in [0.1, 0.15) is 23.5 Å². The van der Waals surface area contributed by atoms with Crippen molar-refractivity contribution < 1.29 is 13.9 Å². The molecule has 5 aromatic rings. The number of benzene rings is 2. The average Bonchev–Trinajstić information content (AvgIpc) is 3.70. The van der Waals surface area contributed by atoms with E-state index in [0.717, 1.165) is 18.4 Å².